The fourth-order valence-electron chi connectivity index (χ4n) is 5.52. The number of unbranched alkanes of at least 4 members (excludes halogenated alkanes) is 3. The van der Waals surface area contributed by atoms with E-state index in [-0.39, 0.29) is 16.2 Å². The number of fused-ring (bicyclic) bond motifs is 1. The Morgan fingerprint density at radius 1 is 1.00 bits per heavy atom. The van der Waals surface area contributed by atoms with E-state index in [1.165, 1.54) is 44.9 Å². The van der Waals surface area contributed by atoms with Crippen LogP contribution in [0.2, 0.25) is 36.3 Å². The normalized spacial score (nSPS) is 26.0. The molecule has 0 radical (unpaired) electrons. The summed E-state index contributed by atoms with van der Waals surface area (Å²) < 4.78 is 14.1. The van der Waals surface area contributed by atoms with Gasteiger partial charge in [0.2, 0.25) is 0 Å². The molecular formula is C33H62O2Si2. The van der Waals surface area contributed by atoms with Crippen LogP contribution in [0.1, 0.15) is 106 Å². The summed E-state index contributed by atoms with van der Waals surface area (Å²) in [7, 11) is -3.67. The monoisotopic (exact) mass is 546 g/mol. The summed E-state index contributed by atoms with van der Waals surface area (Å²) in [6.45, 7) is 30.0. The molecule has 1 saturated carbocycles. The van der Waals surface area contributed by atoms with Crippen molar-refractivity contribution in [3.63, 3.8) is 0 Å². The van der Waals surface area contributed by atoms with Gasteiger partial charge in [-0.05, 0) is 86.6 Å². The number of hydrogen-bond acceptors (Lipinski definition) is 2. The largest absolute Gasteiger partial charge is 0.413 e. The van der Waals surface area contributed by atoms with Gasteiger partial charge < -0.3 is 8.85 Å². The lowest BCUT2D eigenvalue weighted by atomic mass is 9.88. The van der Waals surface area contributed by atoms with Gasteiger partial charge in [-0.1, -0.05) is 97.6 Å². The molecule has 0 unspecified atom stereocenters. The molecule has 2 aliphatic rings. The minimum absolute atomic E-state index is 0.224. The van der Waals surface area contributed by atoms with E-state index in [9.17, 15) is 0 Å². The average Bonchev–Trinajstić information content (AvgIpc) is 3.27. The minimum atomic E-state index is -1.84. The minimum Gasteiger partial charge on any atom is -0.413 e. The second-order valence-corrected chi connectivity index (χ2v) is 24.6. The van der Waals surface area contributed by atoms with E-state index >= 15 is 0 Å². The van der Waals surface area contributed by atoms with Crippen molar-refractivity contribution in [2.45, 2.75) is 155 Å². The van der Waals surface area contributed by atoms with Crippen LogP contribution in [0.5, 0.6) is 0 Å². The van der Waals surface area contributed by atoms with Crippen molar-refractivity contribution in [2.75, 3.05) is 0 Å². The first kappa shape index (κ1) is 32.8. The third-order valence-electron chi connectivity index (χ3n) is 9.98. The molecule has 2 aliphatic carbocycles. The van der Waals surface area contributed by atoms with Crippen molar-refractivity contribution in [3.05, 3.63) is 36.5 Å². The highest BCUT2D eigenvalue weighted by Crippen LogP contribution is 2.51. The lowest BCUT2D eigenvalue weighted by Gasteiger charge is -2.40. The summed E-state index contributed by atoms with van der Waals surface area (Å²) in [6, 6.07) is 0. The van der Waals surface area contributed by atoms with E-state index in [2.05, 4.69) is 106 Å². The molecule has 0 spiro atoms. The van der Waals surface area contributed by atoms with Crippen LogP contribution in [0.3, 0.4) is 0 Å². The molecule has 0 aromatic rings. The quantitative estimate of drug-likeness (QED) is 0.122. The molecule has 1 fully saturated rings. The zero-order chi connectivity index (χ0) is 28.1. The Morgan fingerprint density at radius 2 is 1.65 bits per heavy atom. The Hall–Kier alpha value is -0.426. The smallest absolute Gasteiger partial charge is 0.192 e. The first-order chi connectivity index (χ1) is 17.0. The van der Waals surface area contributed by atoms with Crippen molar-refractivity contribution < 1.29 is 8.85 Å². The Bertz CT molecular complexity index is 781. The lowest BCUT2D eigenvalue weighted by Crippen LogP contribution is -2.45. The molecule has 2 nitrogen and oxygen atoms in total. The molecule has 0 heterocycles. The SMILES string of the molecule is C=CCCCC1=C[C@H]2C[C@@H](O[Si](C)(C)C(C)(C)C)[C@@H](/C=C\[C@H](CCCCC)O[Si](C)(C)C(C)(C)C)[C@H]2C1. The van der Waals surface area contributed by atoms with Gasteiger partial charge in [0.25, 0.3) is 0 Å². The zero-order valence-electron chi connectivity index (χ0n) is 26.6. The summed E-state index contributed by atoms with van der Waals surface area (Å²) in [6.07, 6.45) is 21.2. The van der Waals surface area contributed by atoms with Crippen LogP contribution in [0.15, 0.2) is 36.5 Å². The Balaban J connectivity index is 2.28. The molecule has 0 bridgehead atoms. The molecule has 214 valence electrons. The first-order valence-corrected chi connectivity index (χ1v) is 21.2. The third kappa shape index (κ3) is 9.05. The van der Waals surface area contributed by atoms with Gasteiger partial charge >= 0.3 is 0 Å². The van der Waals surface area contributed by atoms with Crippen LogP contribution in [-0.4, -0.2) is 28.8 Å². The van der Waals surface area contributed by atoms with Crippen LogP contribution >= 0.6 is 0 Å². The van der Waals surface area contributed by atoms with Gasteiger partial charge in [-0.3, -0.25) is 0 Å². The predicted octanol–water partition coefficient (Wildman–Crippen LogP) is 10.8. The van der Waals surface area contributed by atoms with Crippen molar-refractivity contribution in [3.8, 4) is 0 Å². The Kier molecular flexibility index (Phi) is 11.8. The summed E-state index contributed by atoms with van der Waals surface area (Å²) in [4.78, 5) is 0. The van der Waals surface area contributed by atoms with Crippen molar-refractivity contribution in [1.82, 2.24) is 0 Å². The van der Waals surface area contributed by atoms with E-state index in [4.69, 9.17) is 8.85 Å². The van der Waals surface area contributed by atoms with E-state index in [0.717, 1.165) is 12.8 Å². The Labute approximate surface area is 234 Å². The summed E-state index contributed by atoms with van der Waals surface area (Å²) in [5.41, 5.74) is 1.68. The molecule has 0 aromatic carbocycles. The maximum Gasteiger partial charge on any atom is 0.192 e. The van der Waals surface area contributed by atoms with Crippen LogP contribution in [-0.2, 0) is 8.85 Å². The maximum absolute atomic E-state index is 7.14. The van der Waals surface area contributed by atoms with Gasteiger partial charge in [0.1, 0.15) is 0 Å². The van der Waals surface area contributed by atoms with Crippen molar-refractivity contribution in [2.24, 2.45) is 17.8 Å². The molecule has 4 heteroatoms. The van der Waals surface area contributed by atoms with Gasteiger partial charge in [-0.15, -0.1) is 6.58 Å². The van der Waals surface area contributed by atoms with E-state index in [1.54, 1.807) is 5.57 Å². The lowest BCUT2D eigenvalue weighted by molar-refractivity contribution is 0.147. The molecule has 0 amide bonds. The van der Waals surface area contributed by atoms with Crippen LogP contribution in [0.4, 0.5) is 0 Å². The van der Waals surface area contributed by atoms with Gasteiger partial charge in [-0.25, -0.2) is 0 Å². The van der Waals surface area contributed by atoms with Crippen LogP contribution in [0.25, 0.3) is 0 Å². The molecule has 2 rings (SSSR count). The third-order valence-corrected chi connectivity index (χ3v) is 19.0. The fourth-order valence-corrected chi connectivity index (χ4v) is 8.19. The highest BCUT2D eigenvalue weighted by Gasteiger charge is 2.48. The summed E-state index contributed by atoms with van der Waals surface area (Å²) in [5.74, 6) is 1.85. The Morgan fingerprint density at radius 3 is 2.22 bits per heavy atom. The second kappa shape index (κ2) is 13.3. The van der Waals surface area contributed by atoms with E-state index in [0.29, 0.717) is 23.9 Å². The predicted molar refractivity (Wildman–Crippen MR) is 169 cm³/mol. The van der Waals surface area contributed by atoms with E-state index < -0.39 is 16.6 Å². The van der Waals surface area contributed by atoms with Crippen molar-refractivity contribution >= 4 is 16.6 Å². The summed E-state index contributed by atoms with van der Waals surface area (Å²) >= 11 is 0. The zero-order valence-corrected chi connectivity index (χ0v) is 28.6. The number of rotatable bonds is 14. The van der Waals surface area contributed by atoms with Gasteiger partial charge in [-0.2, -0.15) is 0 Å². The van der Waals surface area contributed by atoms with Crippen molar-refractivity contribution in [1.29, 1.82) is 0 Å². The molecular weight excluding hydrogens is 485 g/mol. The fraction of sp³-hybridized carbons (Fsp3) is 0.818. The topological polar surface area (TPSA) is 18.5 Å². The first-order valence-electron chi connectivity index (χ1n) is 15.4. The van der Waals surface area contributed by atoms with Gasteiger partial charge in [0.15, 0.2) is 16.6 Å². The van der Waals surface area contributed by atoms with Crippen LogP contribution in [0, 0.1) is 17.8 Å². The highest BCUT2D eigenvalue weighted by molar-refractivity contribution is 6.74. The average molecular weight is 547 g/mol. The van der Waals surface area contributed by atoms with Gasteiger partial charge in [0.05, 0.1) is 12.2 Å². The molecule has 0 aliphatic heterocycles. The number of hydrogen-bond donors (Lipinski definition) is 0. The number of allylic oxidation sites excluding steroid dienone is 3. The molecule has 0 N–H and O–H groups in total. The molecule has 5 atom stereocenters. The molecule has 0 aromatic heterocycles. The molecule has 0 saturated heterocycles. The highest BCUT2D eigenvalue weighted by atomic mass is 28.4. The standard InChI is InChI=1S/C33H62O2Si2/c1-13-15-17-19-26-23-27-25-31(35-37(11,12)33(6,7)8)29(30(27)24-26)22-21-28(20-18-16-14-2)34-36(9,10)32(3,4)5/h13,21-23,27-31H,1,14-20,24-25H2,2-12H3/b22-21-/t27-,28-,29-,30-,31+/m0/s1. The van der Waals surface area contributed by atoms with Crippen LogP contribution < -0.4 is 0 Å². The second-order valence-electron chi connectivity index (χ2n) is 15.1. The molecule has 37 heavy (non-hydrogen) atoms. The van der Waals surface area contributed by atoms with Gasteiger partial charge in [0, 0.05) is 5.92 Å². The summed E-state index contributed by atoms with van der Waals surface area (Å²) in [5, 5.41) is 0.463. The van der Waals surface area contributed by atoms with E-state index in [1.807, 2.05) is 0 Å². The maximum atomic E-state index is 7.14.